The summed E-state index contributed by atoms with van der Waals surface area (Å²) in [7, 11) is 1.61. The lowest BCUT2D eigenvalue weighted by Crippen LogP contribution is -2.37. The first-order valence-corrected chi connectivity index (χ1v) is 9.30. The molecule has 3 atom stereocenters. The van der Waals surface area contributed by atoms with Crippen molar-refractivity contribution in [1.29, 1.82) is 0 Å². The Morgan fingerprint density at radius 2 is 2.04 bits per heavy atom. The number of benzene rings is 1. The lowest BCUT2D eigenvalue weighted by Gasteiger charge is -2.30. The van der Waals surface area contributed by atoms with Crippen LogP contribution in [0.3, 0.4) is 0 Å². The Bertz CT molecular complexity index is 793. The van der Waals surface area contributed by atoms with Crippen LogP contribution in [-0.2, 0) is 9.53 Å². The number of hydrogen-bond donors (Lipinski definition) is 1. The van der Waals surface area contributed by atoms with E-state index >= 15 is 0 Å². The van der Waals surface area contributed by atoms with Gasteiger partial charge in [-0.3, -0.25) is 14.7 Å². The van der Waals surface area contributed by atoms with Gasteiger partial charge in [0.05, 0.1) is 30.8 Å². The number of carbonyl (C=O) groups is 2. The number of methoxy groups -OCH3 is 1. The molecule has 2 aromatic rings. The van der Waals surface area contributed by atoms with Crippen molar-refractivity contribution in [2.24, 2.45) is 11.8 Å². The summed E-state index contributed by atoms with van der Waals surface area (Å²) < 4.78 is 5.09. The second kappa shape index (κ2) is 7.52. The molecule has 27 heavy (non-hydrogen) atoms. The largest absolute Gasteiger partial charge is 0.384 e. The molecule has 2 aliphatic rings. The third-order valence-corrected chi connectivity index (χ3v) is 5.68. The molecule has 3 heterocycles. The fourth-order valence-electron chi connectivity index (χ4n) is 4.43. The Kier molecular flexibility index (Phi) is 4.94. The van der Waals surface area contributed by atoms with Gasteiger partial charge < -0.3 is 14.5 Å². The van der Waals surface area contributed by atoms with E-state index in [1.165, 1.54) is 0 Å². The highest BCUT2D eigenvalue weighted by Crippen LogP contribution is 2.45. The zero-order chi connectivity index (χ0) is 18.8. The van der Waals surface area contributed by atoms with Gasteiger partial charge in [0.1, 0.15) is 0 Å². The van der Waals surface area contributed by atoms with Crippen molar-refractivity contribution in [2.45, 2.75) is 12.5 Å². The second-order valence-corrected chi connectivity index (χ2v) is 7.27. The van der Waals surface area contributed by atoms with Crippen molar-refractivity contribution in [3.8, 4) is 0 Å². The molecule has 0 spiro atoms. The molecule has 1 aromatic carbocycles. The minimum absolute atomic E-state index is 0.00206. The highest BCUT2D eigenvalue weighted by molar-refractivity contribution is 5.94. The summed E-state index contributed by atoms with van der Waals surface area (Å²) in [5, 5.41) is 6.57. The number of likely N-dealkylation sites (tertiary alicyclic amines) is 2. The molecule has 1 aromatic heterocycles. The first kappa shape index (κ1) is 17.7. The summed E-state index contributed by atoms with van der Waals surface area (Å²) in [6.07, 6.45) is 3.58. The molecule has 0 radical (unpaired) electrons. The van der Waals surface area contributed by atoms with E-state index in [9.17, 15) is 9.59 Å². The zero-order valence-electron chi connectivity index (χ0n) is 15.4. The molecule has 7 nitrogen and oxygen atoms in total. The van der Waals surface area contributed by atoms with Gasteiger partial charge in [0.25, 0.3) is 5.91 Å². The molecule has 1 N–H and O–H groups in total. The van der Waals surface area contributed by atoms with Crippen LogP contribution in [0, 0.1) is 11.8 Å². The number of nitrogens with zero attached hydrogens (tertiary/aromatic N) is 3. The van der Waals surface area contributed by atoms with Crippen LogP contribution >= 0.6 is 0 Å². The van der Waals surface area contributed by atoms with Gasteiger partial charge in [-0.1, -0.05) is 30.3 Å². The minimum atomic E-state index is 0.00206. The first-order chi connectivity index (χ1) is 13.2. The van der Waals surface area contributed by atoms with Gasteiger partial charge in [-0.15, -0.1) is 0 Å². The minimum Gasteiger partial charge on any atom is -0.384 e. The van der Waals surface area contributed by atoms with E-state index in [1.807, 2.05) is 28.0 Å². The standard InChI is InChI=1S/C20H24N4O3/c1-27-8-7-18(25)24-12-16-11-23(20(26)15-9-21-22-10-15)13-17(16)19(24)14-5-3-2-4-6-14/h2-6,9-10,16-17,19H,7-8,11-13H2,1H3,(H,21,22)/t16-,17-,19+/m0/s1. The van der Waals surface area contributed by atoms with Gasteiger partial charge in [0, 0.05) is 44.8 Å². The average Bonchev–Trinajstić information content (AvgIpc) is 3.41. The number of aromatic amines is 1. The summed E-state index contributed by atoms with van der Waals surface area (Å²) in [6, 6.07) is 10.1. The molecule has 0 saturated carbocycles. The van der Waals surface area contributed by atoms with Crippen molar-refractivity contribution in [3.63, 3.8) is 0 Å². The predicted octanol–water partition coefficient (Wildman–Crippen LogP) is 1.72. The van der Waals surface area contributed by atoms with Gasteiger partial charge in [0.15, 0.2) is 0 Å². The SMILES string of the molecule is COCCC(=O)N1C[C@@H]2CN(C(=O)c3cn[nH]c3)C[C@@H]2[C@H]1c1ccccc1. The Morgan fingerprint density at radius 1 is 1.22 bits per heavy atom. The average molecular weight is 368 g/mol. The number of ether oxygens (including phenoxy) is 1. The number of carbonyl (C=O) groups excluding carboxylic acids is 2. The lowest BCUT2D eigenvalue weighted by atomic mass is 9.89. The Balaban J connectivity index is 1.56. The number of amides is 2. The van der Waals surface area contributed by atoms with Gasteiger partial charge in [-0.2, -0.15) is 5.10 Å². The van der Waals surface area contributed by atoms with Gasteiger partial charge in [-0.05, 0) is 5.56 Å². The molecule has 4 rings (SSSR count). The van der Waals surface area contributed by atoms with Gasteiger partial charge >= 0.3 is 0 Å². The summed E-state index contributed by atoms with van der Waals surface area (Å²) >= 11 is 0. The Morgan fingerprint density at radius 3 is 2.74 bits per heavy atom. The molecule has 2 saturated heterocycles. The van der Waals surface area contributed by atoms with Crippen molar-refractivity contribution in [2.75, 3.05) is 33.4 Å². The third kappa shape index (κ3) is 3.35. The number of nitrogens with one attached hydrogen (secondary N) is 1. The van der Waals surface area contributed by atoms with Crippen LogP contribution in [-0.4, -0.2) is 65.2 Å². The predicted molar refractivity (Wildman–Crippen MR) is 98.9 cm³/mol. The lowest BCUT2D eigenvalue weighted by molar-refractivity contribution is -0.133. The van der Waals surface area contributed by atoms with Crippen LogP contribution in [0.15, 0.2) is 42.7 Å². The van der Waals surface area contributed by atoms with Gasteiger partial charge in [0.2, 0.25) is 5.91 Å². The maximum Gasteiger partial charge on any atom is 0.257 e. The molecule has 0 unspecified atom stereocenters. The normalized spacial score (nSPS) is 24.3. The molecule has 0 bridgehead atoms. The Hall–Kier alpha value is -2.67. The van der Waals surface area contributed by atoms with E-state index in [0.29, 0.717) is 38.2 Å². The highest BCUT2D eigenvalue weighted by Gasteiger charge is 2.49. The molecule has 7 heteroatoms. The molecule has 2 aliphatic heterocycles. The van der Waals surface area contributed by atoms with Crippen LogP contribution in [0.25, 0.3) is 0 Å². The van der Waals surface area contributed by atoms with Crippen LogP contribution in [0.5, 0.6) is 0 Å². The highest BCUT2D eigenvalue weighted by atomic mass is 16.5. The van der Waals surface area contributed by atoms with E-state index in [2.05, 4.69) is 22.3 Å². The van der Waals surface area contributed by atoms with Crippen LogP contribution in [0.4, 0.5) is 0 Å². The number of hydrogen-bond acceptors (Lipinski definition) is 4. The molecular formula is C20H24N4O3. The smallest absolute Gasteiger partial charge is 0.257 e. The molecule has 2 fully saturated rings. The van der Waals surface area contributed by atoms with E-state index in [0.717, 1.165) is 5.56 Å². The molecular weight excluding hydrogens is 344 g/mol. The van der Waals surface area contributed by atoms with Crippen molar-refractivity contribution < 1.29 is 14.3 Å². The summed E-state index contributed by atoms with van der Waals surface area (Å²) in [6.45, 7) is 2.44. The van der Waals surface area contributed by atoms with E-state index in [-0.39, 0.29) is 29.7 Å². The number of fused-ring (bicyclic) bond motifs is 1. The molecule has 142 valence electrons. The van der Waals surface area contributed by atoms with Crippen molar-refractivity contribution in [3.05, 3.63) is 53.9 Å². The van der Waals surface area contributed by atoms with Crippen LogP contribution in [0.2, 0.25) is 0 Å². The Labute approximate surface area is 158 Å². The summed E-state index contributed by atoms with van der Waals surface area (Å²) in [5.41, 5.74) is 1.72. The number of aromatic nitrogens is 2. The third-order valence-electron chi connectivity index (χ3n) is 5.68. The van der Waals surface area contributed by atoms with E-state index in [4.69, 9.17) is 4.74 Å². The first-order valence-electron chi connectivity index (χ1n) is 9.30. The van der Waals surface area contributed by atoms with Crippen molar-refractivity contribution in [1.82, 2.24) is 20.0 Å². The fraction of sp³-hybridized carbons (Fsp3) is 0.450. The molecule has 2 amide bonds. The zero-order valence-corrected chi connectivity index (χ0v) is 15.4. The maximum absolute atomic E-state index is 12.8. The quantitative estimate of drug-likeness (QED) is 0.872. The van der Waals surface area contributed by atoms with Crippen molar-refractivity contribution >= 4 is 11.8 Å². The topological polar surface area (TPSA) is 78.5 Å². The van der Waals surface area contributed by atoms with E-state index < -0.39 is 0 Å². The number of rotatable bonds is 5. The number of H-pyrrole nitrogens is 1. The van der Waals surface area contributed by atoms with Crippen LogP contribution in [0.1, 0.15) is 28.4 Å². The van der Waals surface area contributed by atoms with Crippen LogP contribution < -0.4 is 0 Å². The summed E-state index contributed by atoms with van der Waals surface area (Å²) in [5.74, 6) is 0.655. The fourth-order valence-corrected chi connectivity index (χ4v) is 4.43. The second-order valence-electron chi connectivity index (χ2n) is 7.27. The monoisotopic (exact) mass is 368 g/mol. The van der Waals surface area contributed by atoms with E-state index in [1.54, 1.807) is 19.5 Å². The van der Waals surface area contributed by atoms with Gasteiger partial charge in [-0.25, -0.2) is 0 Å². The summed E-state index contributed by atoms with van der Waals surface area (Å²) in [4.78, 5) is 29.4. The molecule has 0 aliphatic carbocycles. The maximum atomic E-state index is 12.8.